The molecule has 2 aromatic carbocycles. The van der Waals surface area contributed by atoms with Gasteiger partial charge in [0.05, 0.1) is 22.6 Å². The molecule has 0 bridgehead atoms. The van der Waals surface area contributed by atoms with Crippen LogP contribution in [0.1, 0.15) is 12.0 Å². The number of hydrogen-bond donors (Lipinski definition) is 2. The highest BCUT2D eigenvalue weighted by Crippen LogP contribution is 2.32. The van der Waals surface area contributed by atoms with Crippen molar-refractivity contribution in [2.24, 2.45) is 4.99 Å². The van der Waals surface area contributed by atoms with E-state index in [9.17, 15) is 28.4 Å². The summed E-state index contributed by atoms with van der Waals surface area (Å²) in [5.74, 6) is 1.18. The van der Waals surface area contributed by atoms with Gasteiger partial charge < -0.3 is 9.84 Å². The number of aliphatic imine (C=N–C) groups is 1. The standard InChI is InChI=1S/C18H15N3O7S/c1-28-17-7-6-12(9-16(17)21(24)25)29(26,27)20-15(18(22)23)8-11-10-19-14-5-3-2-4-13(11)14/h2-7,9,15,20H,8H2,1H3,(H,22,23). The number of benzene rings is 2. The number of ether oxygens (including phenoxy) is 1. The fraction of sp³-hybridized carbons (Fsp3) is 0.167. The van der Waals surface area contributed by atoms with Crippen LogP contribution in [0.4, 0.5) is 11.4 Å². The zero-order chi connectivity index (χ0) is 21.2. The van der Waals surface area contributed by atoms with E-state index in [4.69, 9.17) is 4.74 Å². The zero-order valence-corrected chi connectivity index (χ0v) is 15.8. The Labute approximate surface area is 165 Å². The van der Waals surface area contributed by atoms with Gasteiger partial charge in [0.1, 0.15) is 6.04 Å². The monoisotopic (exact) mass is 417 g/mol. The highest BCUT2D eigenvalue weighted by Gasteiger charge is 2.30. The molecule has 0 radical (unpaired) electrons. The first kappa shape index (κ1) is 20.2. The molecule has 11 heteroatoms. The van der Waals surface area contributed by atoms with Gasteiger partial charge in [0.2, 0.25) is 10.0 Å². The summed E-state index contributed by atoms with van der Waals surface area (Å²) in [4.78, 5) is 25.6. The number of aliphatic carboxylic acids is 1. The third kappa shape index (κ3) is 4.16. The predicted molar refractivity (Wildman–Crippen MR) is 103 cm³/mol. The summed E-state index contributed by atoms with van der Waals surface area (Å²) in [6.07, 6.45) is -0.201. The van der Waals surface area contributed by atoms with Gasteiger partial charge in [-0.15, -0.1) is 0 Å². The summed E-state index contributed by atoms with van der Waals surface area (Å²) >= 11 is 0. The number of nitrogens with zero attached hydrogens (tertiary/aromatic N) is 2. The second kappa shape index (κ2) is 7.84. The number of carbonyl (C=O) groups is 1. The van der Waals surface area contributed by atoms with Gasteiger partial charge in [0.25, 0.3) is 0 Å². The lowest BCUT2D eigenvalue weighted by Crippen LogP contribution is -2.40. The van der Waals surface area contributed by atoms with Gasteiger partial charge in [-0.25, -0.2) is 13.4 Å². The Bertz CT molecular complexity index is 1170. The molecular weight excluding hydrogens is 402 g/mol. The summed E-state index contributed by atoms with van der Waals surface area (Å²) in [5.41, 5.74) is 1.16. The minimum absolute atomic E-state index is 0.118. The second-order valence-electron chi connectivity index (χ2n) is 6.03. The van der Waals surface area contributed by atoms with Crippen molar-refractivity contribution in [3.63, 3.8) is 0 Å². The summed E-state index contributed by atoms with van der Waals surface area (Å²) in [5, 5.41) is 20.6. The SMILES string of the molecule is COc1ccc(S(=O)(=O)NC(CC2=C=Nc3ccccc32)C(=O)O)cc1[N+](=O)[O-]. The fourth-order valence-electron chi connectivity index (χ4n) is 2.79. The Kier molecular flexibility index (Phi) is 5.46. The van der Waals surface area contributed by atoms with Gasteiger partial charge in [-0.3, -0.25) is 14.9 Å². The fourth-order valence-corrected chi connectivity index (χ4v) is 4.00. The summed E-state index contributed by atoms with van der Waals surface area (Å²) in [6, 6.07) is 8.48. The number of carboxylic acids is 1. The number of nitrogens with one attached hydrogen (secondary N) is 1. The van der Waals surface area contributed by atoms with Crippen molar-refractivity contribution in [1.29, 1.82) is 0 Å². The molecule has 0 aromatic heterocycles. The van der Waals surface area contributed by atoms with E-state index in [1.165, 1.54) is 7.11 Å². The summed E-state index contributed by atoms with van der Waals surface area (Å²) < 4.78 is 32.2. The third-order valence-electron chi connectivity index (χ3n) is 4.20. The molecule has 0 saturated carbocycles. The van der Waals surface area contributed by atoms with Crippen LogP contribution < -0.4 is 9.46 Å². The zero-order valence-electron chi connectivity index (χ0n) is 15.0. The van der Waals surface area contributed by atoms with Crippen molar-refractivity contribution < 1.29 is 28.0 Å². The van der Waals surface area contributed by atoms with Crippen molar-refractivity contribution in [1.82, 2.24) is 4.72 Å². The van der Waals surface area contributed by atoms with E-state index in [0.717, 1.165) is 18.2 Å². The third-order valence-corrected chi connectivity index (χ3v) is 5.67. The molecule has 1 atom stereocenters. The Morgan fingerprint density at radius 2 is 2.07 bits per heavy atom. The molecular formula is C18H15N3O7S. The van der Waals surface area contributed by atoms with Gasteiger partial charge in [0, 0.05) is 23.6 Å². The first-order chi connectivity index (χ1) is 13.7. The number of methoxy groups -OCH3 is 1. The van der Waals surface area contributed by atoms with E-state index >= 15 is 0 Å². The van der Waals surface area contributed by atoms with Crippen LogP contribution in [-0.2, 0) is 14.8 Å². The van der Waals surface area contributed by atoms with E-state index in [2.05, 4.69) is 15.6 Å². The quantitative estimate of drug-likeness (QED) is 0.493. The topological polar surface area (TPSA) is 148 Å². The molecule has 0 amide bonds. The number of para-hydroxylation sites is 1. The molecule has 0 fully saturated rings. The number of nitro groups is 1. The van der Waals surface area contributed by atoms with E-state index in [0.29, 0.717) is 16.8 Å². The first-order valence-corrected chi connectivity index (χ1v) is 9.71. The maximum Gasteiger partial charge on any atom is 0.322 e. The summed E-state index contributed by atoms with van der Waals surface area (Å²) in [6.45, 7) is 0. The largest absolute Gasteiger partial charge is 0.490 e. The second-order valence-corrected chi connectivity index (χ2v) is 7.74. The van der Waals surface area contributed by atoms with Crippen LogP contribution in [0.25, 0.3) is 5.57 Å². The molecule has 150 valence electrons. The Hall–Kier alpha value is -3.53. The van der Waals surface area contributed by atoms with E-state index in [1.807, 2.05) is 0 Å². The molecule has 2 N–H and O–H groups in total. The normalized spacial score (nSPS) is 13.5. The number of nitro benzene ring substituents is 1. The number of rotatable bonds is 8. The van der Waals surface area contributed by atoms with Gasteiger partial charge >= 0.3 is 11.7 Å². The van der Waals surface area contributed by atoms with Crippen molar-refractivity contribution in [2.45, 2.75) is 17.4 Å². The van der Waals surface area contributed by atoms with Gasteiger partial charge in [-0.05, 0) is 24.1 Å². The molecule has 0 spiro atoms. The van der Waals surface area contributed by atoms with E-state index < -0.39 is 37.5 Å². The Morgan fingerprint density at radius 1 is 1.34 bits per heavy atom. The summed E-state index contributed by atoms with van der Waals surface area (Å²) in [7, 11) is -3.15. The van der Waals surface area contributed by atoms with Crippen LogP contribution in [0.3, 0.4) is 0 Å². The van der Waals surface area contributed by atoms with Crippen LogP contribution >= 0.6 is 0 Å². The van der Waals surface area contributed by atoms with E-state index in [1.54, 1.807) is 24.3 Å². The lowest BCUT2D eigenvalue weighted by atomic mass is 10.0. The highest BCUT2D eigenvalue weighted by atomic mass is 32.2. The highest BCUT2D eigenvalue weighted by molar-refractivity contribution is 7.89. The molecule has 1 unspecified atom stereocenters. The molecule has 3 rings (SSSR count). The van der Waals surface area contributed by atoms with Crippen molar-refractivity contribution in [3.05, 3.63) is 58.1 Å². The predicted octanol–water partition coefficient (Wildman–Crippen LogP) is 2.12. The van der Waals surface area contributed by atoms with Crippen LogP contribution in [0.2, 0.25) is 0 Å². The van der Waals surface area contributed by atoms with Crippen molar-refractivity contribution >= 4 is 38.8 Å². The Morgan fingerprint density at radius 3 is 2.72 bits per heavy atom. The number of fused-ring (bicyclic) bond motifs is 1. The van der Waals surface area contributed by atoms with E-state index in [-0.39, 0.29) is 12.2 Å². The molecule has 0 saturated heterocycles. The minimum Gasteiger partial charge on any atom is -0.490 e. The lowest BCUT2D eigenvalue weighted by Gasteiger charge is -2.15. The first-order valence-electron chi connectivity index (χ1n) is 8.22. The molecule has 2 aromatic rings. The Balaban J connectivity index is 1.88. The average molecular weight is 417 g/mol. The molecule has 1 aliphatic heterocycles. The van der Waals surface area contributed by atoms with Gasteiger partial charge in [0.15, 0.2) is 5.75 Å². The molecule has 29 heavy (non-hydrogen) atoms. The van der Waals surface area contributed by atoms with Gasteiger partial charge in [-0.1, -0.05) is 18.2 Å². The minimum atomic E-state index is -4.37. The maximum absolute atomic E-state index is 12.6. The number of sulfonamides is 1. The number of hydrogen-bond acceptors (Lipinski definition) is 7. The van der Waals surface area contributed by atoms with Gasteiger partial charge in [-0.2, -0.15) is 4.72 Å². The van der Waals surface area contributed by atoms with Crippen molar-refractivity contribution in [3.8, 4) is 5.75 Å². The van der Waals surface area contributed by atoms with Crippen molar-refractivity contribution in [2.75, 3.05) is 7.11 Å². The molecule has 1 aliphatic rings. The number of carboxylic acid groups (broad SMARTS) is 1. The smallest absolute Gasteiger partial charge is 0.322 e. The van der Waals surface area contributed by atoms with Crippen LogP contribution in [0.15, 0.2) is 52.4 Å². The molecule has 1 heterocycles. The molecule has 10 nitrogen and oxygen atoms in total. The average Bonchev–Trinajstić information content (AvgIpc) is 3.09. The lowest BCUT2D eigenvalue weighted by molar-refractivity contribution is -0.386. The van der Waals surface area contributed by atoms with Crippen LogP contribution in [-0.4, -0.2) is 43.4 Å². The molecule has 0 aliphatic carbocycles. The van der Waals surface area contributed by atoms with Crippen LogP contribution in [0, 0.1) is 10.1 Å². The van der Waals surface area contributed by atoms with Crippen LogP contribution in [0.5, 0.6) is 5.75 Å². The maximum atomic E-state index is 12.6.